The molecule has 0 spiro atoms. The van der Waals surface area contributed by atoms with Crippen LogP contribution in [0.15, 0.2) is 58.3 Å². The molecule has 0 bridgehead atoms. The highest BCUT2D eigenvalue weighted by Gasteiger charge is 2.25. The van der Waals surface area contributed by atoms with Gasteiger partial charge in [0.25, 0.3) is 0 Å². The first-order valence-electron chi connectivity index (χ1n) is 10.2. The second-order valence-corrected chi connectivity index (χ2v) is 11.5. The molecule has 1 saturated heterocycles. The maximum atomic E-state index is 13.0. The standard InChI is InChI=1S/C21H26FN3O5S2/c22-17-2-6-19(7-3-17)31(27,28)15-1-12-25-13-10-16(11-14-25)21(26)24-18-4-8-20(9-5-18)32(23,29)30/h2-9,16H,1,10-15H2,(H,24,26)(H2,23,29,30). The number of hydrogen-bond acceptors (Lipinski definition) is 6. The zero-order valence-electron chi connectivity index (χ0n) is 17.4. The molecule has 3 N–H and O–H groups in total. The molecule has 0 aliphatic carbocycles. The van der Waals surface area contributed by atoms with Crippen LogP contribution in [0.5, 0.6) is 0 Å². The van der Waals surface area contributed by atoms with Gasteiger partial charge in [-0.05, 0) is 87.4 Å². The molecule has 1 amide bonds. The predicted molar refractivity (Wildman–Crippen MR) is 119 cm³/mol. The van der Waals surface area contributed by atoms with Crippen LogP contribution in [-0.2, 0) is 24.7 Å². The van der Waals surface area contributed by atoms with E-state index in [0.29, 0.717) is 44.6 Å². The first-order valence-corrected chi connectivity index (χ1v) is 13.4. The van der Waals surface area contributed by atoms with E-state index in [-0.39, 0.29) is 27.4 Å². The molecule has 0 saturated carbocycles. The van der Waals surface area contributed by atoms with E-state index in [2.05, 4.69) is 10.2 Å². The number of carbonyl (C=O) groups excluding carboxylic acids is 1. The Morgan fingerprint density at radius 2 is 1.53 bits per heavy atom. The third kappa shape index (κ3) is 6.58. The molecule has 2 aromatic rings. The Labute approximate surface area is 187 Å². The van der Waals surface area contributed by atoms with Crippen LogP contribution in [0.3, 0.4) is 0 Å². The van der Waals surface area contributed by atoms with Gasteiger partial charge >= 0.3 is 0 Å². The Hall–Kier alpha value is -2.34. The van der Waals surface area contributed by atoms with Crippen molar-refractivity contribution < 1.29 is 26.0 Å². The highest BCUT2D eigenvalue weighted by atomic mass is 32.2. The number of carbonyl (C=O) groups is 1. The SMILES string of the molecule is NS(=O)(=O)c1ccc(NC(=O)C2CCN(CCCS(=O)(=O)c3ccc(F)cc3)CC2)cc1. The van der Waals surface area contributed by atoms with Gasteiger partial charge in [-0.2, -0.15) is 0 Å². The van der Waals surface area contributed by atoms with E-state index in [1.807, 2.05) is 0 Å². The Balaban J connectivity index is 1.42. The number of benzene rings is 2. The van der Waals surface area contributed by atoms with Crippen molar-refractivity contribution in [3.63, 3.8) is 0 Å². The Bertz CT molecular complexity index is 1140. The lowest BCUT2D eigenvalue weighted by Gasteiger charge is -2.31. The minimum Gasteiger partial charge on any atom is -0.326 e. The van der Waals surface area contributed by atoms with Crippen LogP contribution in [0.1, 0.15) is 19.3 Å². The number of hydrogen-bond donors (Lipinski definition) is 2. The number of anilines is 1. The zero-order valence-corrected chi connectivity index (χ0v) is 19.0. The molecule has 0 atom stereocenters. The van der Waals surface area contributed by atoms with Gasteiger partial charge in [0, 0.05) is 11.6 Å². The summed E-state index contributed by atoms with van der Waals surface area (Å²) in [6.07, 6.45) is 1.74. The van der Waals surface area contributed by atoms with Crippen LogP contribution in [0, 0.1) is 11.7 Å². The molecule has 1 aliphatic heterocycles. The summed E-state index contributed by atoms with van der Waals surface area (Å²) in [6.45, 7) is 1.96. The van der Waals surface area contributed by atoms with Crippen molar-refractivity contribution in [2.45, 2.75) is 29.1 Å². The zero-order chi connectivity index (χ0) is 23.4. The topological polar surface area (TPSA) is 127 Å². The largest absolute Gasteiger partial charge is 0.326 e. The lowest BCUT2D eigenvalue weighted by molar-refractivity contribution is -0.121. The van der Waals surface area contributed by atoms with E-state index in [1.165, 1.54) is 36.4 Å². The van der Waals surface area contributed by atoms with Gasteiger partial charge in [-0.1, -0.05) is 0 Å². The van der Waals surface area contributed by atoms with Crippen LogP contribution < -0.4 is 10.5 Å². The smallest absolute Gasteiger partial charge is 0.238 e. The second-order valence-electron chi connectivity index (χ2n) is 7.80. The number of piperidine rings is 1. The van der Waals surface area contributed by atoms with Gasteiger partial charge in [0.2, 0.25) is 15.9 Å². The maximum absolute atomic E-state index is 13.0. The van der Waals surface area contributed by atoms with Gasteiger partial charge in [0.05, 0.1) is 15.5 Å². The molecule has 0 aromatic heterocycles. The summed E-state index contributed by atoms with van der Waals surface area (Å²) in [5.74, 6) is -0.802. The minimum absolute atomic E-state index is 0.0203. The quantitative estimate of drug-likeness (QED) is 0.553. The summed E-state index contributed by atoms with van der Waals surface area (Å²) in [6, 6.07) is 10.5. The van der Waals surface area contributed by atoms with Crippen LogP contribution in [0.4, 0.5) is 10.1 Å². The van der Waals surface area contributed by atoms with Crippen molar-refractivity contribution in [2.75, 3.05) is 30.7 Å². The van der Waals surface area contributed by atoms with Crippen LogP contribution in [-0.4, -0.2) is 53.0 Å². The fourth-order valence-corrected chi connectivity index (χ4v) is 5.44. The molecule has 174 valence electrons. The maximum Gasteiger partial charge on any atom is 0.238 e. The molecule has 8 nitrogen and oxygen atoms in total. The Morgan fingerprint density at radius 3 is 2.09 bits per heavy atom. The highest BCUT2D eigenvalue weighted by Crippen LogP contribution is 2.21. The number of sulfone groups is 1. The number of amides is 1. The van der Waals surface area contributed by atoms with Gasteiger partial charge in [0.15, 0.2) is 9.84 Å². The van der Waals surface area contributed by atoms with Crippen molar-refractivity contribution in [3.05, 3.63) is 54.3 Å². The highest BCUT2D eigenvalue weighted by molar-refractivity contribution is 7.91. The first-order chi connectivity index (χ1) is 15.0. The number of halogens is 1. The van der Waals surface area contributed by atoms with Crippen molar-refractivity contribution in [3.8, 4) is 0 Å². The summed E-state index contributed by atoms with van der Waals surface area (Å²) in [4.78, 5) is 14.7. The Morgan fingerprint density at radius 1 is 0.969 bits per heavy atom. The fraction of sp³-hybridized carbons (Fsp3) is 0.381. The molecule has 1 aliphatic rings. The summed E-state index contributed by atoms with van der Waals surface area (Å²) in [7, 11) is -7.23. The molecule has 1 fully saturated rings. The monoisotopic (exact) mass is 483 g/mol. The number of nitrogens with two attached hydrogens (primary N) is 1. The number of primary sulfonamides is 1. The van der Waals surface area contributed by atoms with E-state index in [0.717, 1.165) is 12.1 Å². The van der Waals surface area contributed by atoms with E-state index >= 15 is 0 Å². The number of likely N-dealkylation sites (tertiary alicyclic amines) is 1. The van der Waals surface area contributed by atoms with Gasteiger partial charge < -0.3 is 10.2 Å². The van der Waals surface area contributed by atoms with E-state index in [4.69, 9.17) is 5.14 Å². The van der Waals surface area contributed by atoms with E-state index < -0.39 is 25.7 Å². The second kappa shape index (κ2) is 10.1. The molecule has 11 heteroatoms. The molecular weight excluding hydrogens is 457 g/mol. The number of nitrogens with zero attached hydrogens (tertiary/aromatic N) is 1. The van der Waals surface area contributed by atoms with Crippen molar-refractivity contribution in [1.29, 1.82) is 0 Å². The molecule has 3 rings (SSSR count). The van der Waals surface area contributed by atoms with E-state index in [1.54, 1.807) is 0 Å². The van der Waals surface area contributed by atoms with Crippen molar-refractivity contribution >= 4 is 31.5 Å². The summed E-state index contributed by atoms with van der Waals surface area (Å²) in [5.41, 5.74) is 0.496. The summed E-state index contributed by atoms with van der Waals surface area (Å²) in [5, 5.41) is 7.86. The summed E-state index contributed by atoms with van der Waals surface area (Å²) < 4.78 is 60.3. The van der Waals surface area contributed by atoms with Gasteiger partial charge in [-0.25, -0.2) is 26.4 Å². The average Bonchev–Trinajstić information content (AvgIpc) is 2.74. The van der Waals surface area contributed by atoms with Gasteiger partial charge in [0.1, 0.15) is 5.82 Å². The van der Waals surface area contributed by atoms with Crippen LogP contribution in [0.25, 0.3) is 0 Å². The number of nitrogens with one attached hydrogen (secondary N) is 1. The summed E-state index contributed by atoms with van der Waals surface area (Å²) >= 11 is 0. The molecule has 2 aromatic carbocycles. The molecule has 1 heterocycles. The fourth-order valence-electron chi connectivity index (χ4n) is 3.63. The number of rotatable bonds is 8. The van der Waals surface area contributed by atoms with Crippen LogP contribution in [0.2, 0.25) is 0 Å². The molecular formula is C21H26FN3O5S2. The number of sulfonamides is 1. The van der Waals surface area contributed by atoms with Crippen LogP contribution >= 0.6 is 0 Å². The third-order valence-electron chi connectivity index (χ3n) is 5.47. The third-order valence-corrected chi connectivity index (χ3v) is 8.21. The normalized spacial score (nSPS) is 16.1. The van der Waals surface area contributed by atoms with E-state index in [9.17, 15) is 26.0 Å². The average molecular weight is 484 g/mol. The van der Waals surface area contributed by atoms with Gasteiger partial charge in [-0.15, -0.1) is 0 Å². The first kappa shape index (κ1) is 24.3. The predicted octanol–water partition coefficient (Wildman–Crippen LogP) is 1.99. The van der Waals surface area contributed by atoms with Crippen molar-refractivity contribution in [2.24, 2.45) is 11.1 Å². The minimum atomic E-state index is -3.78. The Kier molecular flexibility index (Phi) is 7.65. The molecule has 32 heavy (non-hydrogen) atoms. The lowest BCUT2D eigenvalue weighted by atomic mass is 9.95. The lowest BCUT2D eigenvalue weighted by Crippen LogP contribution is -2.39. The van der Waals surface area contributed by atoms with Gasteiger partial charge in [-0.3, -0.25) is 4.79 Å². The molecule has 0 radical (unpaired) electrons. The molecule has 0 unspecified atom stereocenters. The van der Waals surface area contributed by atoms with Crippen molar-refractivity contribution in [1.82, 2.24) is 4.90 Å².